The van der Waals surface area contributed by atoms with E-state index in [2.05, 4.69) is 21.8 Å². The lowest BCUT2D eigenvalue weighted by Gasteiger charge is -2.32. The predicted molar refractivity (Wildman–Crippen MR) is 73.9 cm³/mol. The lowest BCUT2D eigenvalue weighted by molar-refractivity contribution is 0.343. The van der Waals surface area contributed by atoms with Gasteiger partial charge in [0.25, 0.3) is 0 Å². The Kier molecular flexibility index (Phi) is 3.42. The van der Waals surface area contributed by atoms with E-state index in [1.165, 1.54) is 25.7 Å². The maximum atomic E-state index is 5.81. The Morgan fingerprint density at radius 2 is 1.94 bits per heavy atom. The summed E-state index contributed by atoms with van der Waals surface area (Å²) < 4.78 is 0. The molecule has 0 N–H and O–H groups in total. The molecule has 4 heteroatoms. The van der Waals surface area contributed by atoms with Gasteiger partial charge in [0.2, 0.25) is 5.95 Å². The smallest absolute Gasteiger partial charge is 0.225 e. The maximum absolute atomic E-state index is 5.81. The van der Waals surface area contributed by atoms with Crippen LogP contribution in [0.2, 0.25) is 5.02 Å². The fourth-order valence-corrected chi connectivity index (χ4v) is 3.41. The van der Waals surface area contributed by atoms with Crippen molar-refractivity contribution in [1.82, 2.24) is 9.97 Å². The molecular formula is C14H20ClN3. The van der Waals surface area contributed by atoms with Crippen molar-refractivity contribution in [2.45, 2.75) is 32.6 Å². The van der Waals surface area contributed by atoms with Crippen LogP contribution in [0.25, 0.3) is 0 Å². The van der Waals surface area contributed by atoms with E-state index in [0.29, 0.717) is 5.02 Å². The second-order valence-electron chi connectivity index (χ2n) is 5.59. The summed E-state index contributed by atoms with van der Waals surface area (Å²) in [6.07, 6.45) is 8.80. The Morgan fingerprint density at radius 3 is 2.50 bits per heavy atom. The Bertz CT molecular complexity index is 398. The third kappa shape index (κ3) is 2.46. The lowest BCUT2D eigenvalue weighted by atomic mass is 9.91. The molecule has 0 spiro atoms. The van der Waals surface area contributed by atoms with Crippen LogP contribution in [-0.2, 0) is 0 Å². The third-order valence-electron chi connectivity index (χ3n) is 4.54. The second kappa shape index (κ2) is 5.04. The monoisotopic (exact) mass is 265 g/mol. The zero-order valence-electron chi connectivity index (χ0n) is 10.8. The number of aromatic nitrogens is 2. The highest BCUT2D eigenvalue weighted by atomic mass is 35.5. The van der Waals surface area contributed by atoms with Crippen LogP contribution in [0.15, 0.2) is 12.4 Å². The molecule has 1 aliphatic carbocycles. The van der Waals surface area contributed by atoms with Crippen molar-refractivity contribution in [1.29, 1.82) is 0 Å². The minimum absolute atomic E-state index is 0.609. The van der Waals surface area contributed by atoms with E-state index in [9.17, 15) is 0 Å². The van der Waals surface area contributed by atoms with Gasteiger partial charge in [0.15, 0.2) is 0 Å². The van der Waals surface area contributed by atoms with Crippen molar-refractivity contribution >= 4 is 17.5 Å². The SMILES string of the molecule is CC[C@H]1C[C@@H]1C1CCN(c2ncc(Cl)cn2)CC1. The summed E-state index contributed by atoms with van der Waals surface area (Å²) in [4.78, 5) is 10.9. The Labute approximate surface area is 114 Å². The molecule has 1 saturated carbocycles. The fraction of sp³-hybridized carbons (Fsp3) is 0.714. The molecule has 3 rings (SSSR count). The highest BCUT2D eigenvalue weighted by molar-refractivity contribution is 6.30. The van der Waals surface area contributed by atoms with Crippen LogP contribution in [0, 0.1) is 17.8 Å². The summed E-state index contributed by atoms with van der Waals surface area (Å²) in [6, 6.07) is 0. The second-order valence-corrected chi connectivity index (χ2v) is 6.03. The Balaban J connectivity index is 1.55. The van der Waals surface area contributed by atoms with Crippen molar-refractivity contribution in [3.8, 4) is 0 Å². The average molecular weight is 266 g/mol. The van der Waals surface area contributed by atoms with Gasteiger partial charge in [-0.1, -0.05) is 24.9 Å². The first-order valence-electron chi connectivity index (χ1n) is 7.00. The number of piperidine rings is 1. The maximum Gasteiger partial charge on any atom is 0.225 e. The Hall–Kier alpha value is -0.830. The molecule has 0 bridgehead atoms. The summed E-state index contributed by atoms with van der Waals surface area (Å²) in [5.41, 5.74) is 0. The molecule has 1 aromatic heterocycles. The van der Waals surface area contributed by atoms with Crippen LogP contribution in [0.4, 0.5) is 5.95 Å². The van der Waals surface area contributed by atoms with Gasteiger partial charge in [-0.05, 0) is 37.0 Å². The summed E-state index contributed by atoms with van der Waals surface area (Å²) in [6.45, 7) is 4.51. The lowest BCUT2D eigenvalue weighted by Crippen LogP contribution is -2.35. The normalized spacial score (nSPS) is 28.4. The van der Waals surface area contributed by atoms with Crippen LogP contribution >= 0.6 is 11.6 Å². The van der Waals surface area contributed by atoms with Crippen molar-refractivity contribution in [3.63, 3.8) is 0 Å². The first-order valence-corrected chi connectivity index (χ1v) is 7.38. The average Bonchev–Trinajstić information content (AvgIpc) is 3.19. The van der Waals surface area contributed by atoms with Gasteiger partial charge < -0.3 is 4.90 Å². The first-order chi connectivity index (χ1) is 8.78. The molecule has 98 valence electrons. The molecule has 1 saturated heterocycles. The zero-order valence-corrected chi connectivity index (χ0v) is 11.6. The van der Waals surface area contributed by atoms with Crippen molar-refractivity contribution in [2.24, 2.45) is 17.8 Å². The van der Waals surface area contributed by atoms with E-state index < -0.39 is 0 Å². The van der Waals surface area contributed by atoms with Crippen LogP contribution in [0.1, 0.15) is 32.6 Å². The predicted octanol–water partition coefficient (Wildman–Crippen LogP) is 3.39. The molecule has 1 aliphatic heterocycles. The van der Waals surface area contributed by atoms with Gasteiger partial charge in [0.05, 0.1) is 17.4 Å². The van der Waals surface area contributed by atoms with Gasteiger partial charge in [-0.3, -0.25) is 0 Å². The molecule has 0 unspecified atom stereocenters. The number of nitrogens with zero attached hydrogens (tertiary/aromatic N) is 3. The molecule has 0 aromatic carbocycles. The van der Waals surface area contributed by atoms with Gasteiger partial charge in [0.1, 0.15) is 0 Å². The minimum atomic E-state index is 0.609. The number of halogens is 1. The zero-order chi connectivity index (χ0) is 12.5. The van der Waals surface area contributed by atoms with Crippen LogP contribution < -0.4 is 4.90 Å². The minimum Gasteiger partial charge on any atom is -0.341 e. The van der Waals surface area contributed by atoms with Gasteiger partial charge >= 0.3 is 0 Å². The molecule has 18 heavy (non-hydrogen) atoms. The topological polar surface area (TPSA) is 29.0 Å². The highest BCUT2D eigenvalue weighted by Crippen LogP contribution is 2.49. The van der Waals surface area contributed by atoms with E-state index in [-0.39, 0.29) is 0 Å². The third-order valence-corrected chi connectivity index (χ3v) is 4.73. The van der Waals surface area contributed by atoms with Crippen LogP contribution in [0.3, 0.4) is 0 Å². The number of hydrogen-bond donors (Lipinski definition) is 0. The molecule has 2 aliphatic rings. The fourth-order valence-electron chi connectivity index (χ4n) is 3.31. The van der Waals surface area contributed by atoms with E-state index in [1.807, 2.05) is 0 Å². The molecule has 0 amide bonds. The molecular weight excluding hydrogens is 246 g/mol. The standard InChI is InChI=1S/C14H20ClN3/c1-2-10-7-13(10)11-3-5-18(6-4-11)14-16-8-12(15)9-17-14/h8-11,13H,2-7H2,1H3/t10-,13-/m0/s1. The van der Waals surface area contributed by atoms with Crippen LogP contribution in [0.5, 0.6) is 0 Å². The number of anilines is 1. The molecule has 2 fully saturated rings. The number of rotatable bonds is 3. The molecule has 3 nitrogen and oxygen atoms in total. The first kappa shape index (κ1) is 12.2. The molecule has 2 atom stereocenters. The van der Waals surface area contributed by atoms with Gasteiger partial charge in [-0.25, -0.2) is 9.97 Å². The highest BCUT2D eigenvalue weighted by Gasteiger charge is 2.42. The summed E-state index contributed by atoms with van der Waals surface area (Å²) in [5, 5.41) is 0.609. The van der Waals surface area contributed by atoms with E-state index in [1.54, 1.807) is 12.4 Å². The van der Waals surface area contributed by atoms with Crippen molar-refractivity contribution < 1.29 is 0 Å². The van der Waals surface area contributed by atoms with E-state index in [0.717, 1.165) is 36.8 Å². The quantitative estimate of drug-likeness (QED) is 0.839. The summed E-state index contributed by atoms with van der Waals surface area (Å²) in [5.74, 6) is 3.82. The van der Waals surface area contributed by atoms with E-state index >= 15 is 0 Å². The molecule has 1 aromatic rings. The van der Waals surface area contributed by atoms with Crippen molar-refractivity contribution in [3.05, 3.63) is 17.4 Å². The van der Waals surface area contributed by atoms with Crippen LogP contribution in [-0.4, -0.2) is 23.1 Å². The summed E-state index contributed by atoms with van der Waals surface area (Å²) >= 11 is 5.81. The molecule has 0 radical (unpaired) electrons. The molecule has 2 heterocycles. The Morgan fingerprint density at radius 1 is 1.28 bits per heavy atom. The van der Waals surface area contributed by atoms with E-state index in [4.69, 9.17) is 11.6 Å². The largest absolute Gasteiger partial charge is 0.341 e. The number of hydrogen-bond acceptors (Lipinski definition) is 3. The van der Waals surface area contributed by atoms with Crippen molar-refractivity contribution in [2.75, 3.05) is 18.0 Å². The summed E-state index contributed by atoms with van der Waals surface area (Å²) in [7, 11) is 0. The van der Waals surface area contributed by atoms with Gasteiger partial charge in [0, 0.05) is 13.1 Å². The van der Waals surface area contributed by atoms with Gasteiger partial charge in [-0.15, -0.1) is 0 Å². The van der Waals surface area contributed by atoms with Gasteiger partial charge in [-0.2, -0.15) is 0 Å².